The van der Waals surface area contributed by atoms with Crippen LogP contribution in [-0.2, 0) is 19.1 Å². The van der Waals surface area contributed by atoms with Gasteiger partial charge in [0.1, 0.15) is 0 Å². The summed E-state index contributed by atoms with van der Waals surface area (Å²) in [6, 6.07) is 8.47. The van der Waals surface area contributed by atoms with Crippen LogP contribution in [0.15, 0.2) is 52.2 Å². The zero-order valence-corrected chi connectivity index (χ0v) is 23.8. The molecule has 7 heteroatoms. The molecule has 4 aliphatic carbocycles. The van der Waals surface area contributed by atoms with Gasteiger partial charge >= 0.3 is 5.30 Å². The number of oxime groups is 1. The summed E-state index contributed by atoms with van der Waals surface area (Å²) in [5.41, 5.74) is 6.12. The molecule has 0 amide bonds. The number of hydrogen-bond acceptors (Lipinski definition) is 7. The summed E-state index contributed by atoms with van der Waals surface area (Å²) < 4.78 is 12.1. The van der Waals surface area contributed by atoms with Crippen molar-refractivity contribution < 1.29 is 23.9 Å². The number of benzene rings is 1. The van der Waals surface area contributed by atoms with E-state index in [1.165, 1.54) is 16.7 Å². The summed E-state index contributed by atoms with van der Waals surface area (Å²) in [5.74, 6) is 2.20. The van der Waals surface area contributed by atoms with Crippen LogP contribution in [-0.4, -0.2) is 49.5 Å². The van der Waals surface area contributed by atoms with E-state index < -0.39 is 5.30 Å². The van der Waals surface area contributed by atoms with Crippen LogP contribution in [0.1, 0.15) is 75.8 Å². The third-order valence-corrected chi connectivity index (χ3v) is 10.3. The average molecular weight is 538 g/mol. The van der Waals surface area contributed by atoms with Gasteiger partial charge < -0.3 is 14.3 Å². The van der Waals surface area contributed by atoms with Gasteiger partial charge in [0.2, 0.25) is 0 Å². The molecule has 0 bridgehead atoms. The number of nitrogens with zero attached hydrogens (tertiary/aromatic N) is 1. The maximum Gasteiger partial charge on any atom is 0.393 e. The van der Waals surface area contributed by atoms with E-state index in [0.29, 0.717) is 30.6 Å². The van der Waals surface area contributed by atoms with Crippen molar-refractivity contribution in [3.8, 4) is 0 Å². The SMILES string of the molecule is CCSC(=O)O/N=C\c1ccc([C@H]2C[C@@]3(C)[C@@H](CC[C@]3(COC)OC)[C@@H]3CCC4=CC(=O)CCC4=C32)cc1. The summed E-state index contributed by atoms with van der Waals surface area (Å²) in [4.78, 5) is 28.8. The minimum atomic E-state index is -0.397. The van der Waals surface area contributed by atoms with Gasteiger partial charge in [-0.1, -0.05) is 48.8 Å². The topological polar surface area (TPSA) is 74.2 Å². The quantitative estimate of drug-likeness (QED) is 0.215. The minimum Gasteiger partial charge on any atom is -0.382 e. The van der Waals surface area contributed by atoms with Crippen LogP contribution in [0.25, 0.3) is 0 Å². The van der Waals surface area contributed by atoms with E-state index in [9.17, 15) is 9.59 Å². The Balaban J connectivity index is 1.52. The molecule has 2 fully saturated rings. The van der Waals surface area contributed by atoms with E-state index in [-0.39, 0.29) is 22.7 Å². The molecule has 204 valence electrons. The molecule has 38 heavy (non-hydrogen) atoms. The monoisotopic (exact) mass is 537 g/mol. The molecule has 5 atom stereocenters. The zero-order valence-electron chi connectivity index (χ0n) is 23.0. The highest BCUT2D eigenvalue weighted by molar-refractivity contribution is 8.13. The number of fused-ring (bicyclic) bond motifs is 4. The van der Waals surface area contributed by atoms with Crippen LogP contribution in [0.5, 0.6) is 0 Å². The summed E-state index contributed by atoms with van der Waals surface area (Å²) in [7, 11) is 3.63. The molecule has 0 heterocycles. The predicted octanol–water partition coefficient (Wildman–Crippen LogP) is 6.84. The molecule has 6 nitrogen and oxygen atoms in total. The fourth-order valence-electron chi connectivity index (χ4n) is 7.99. The Bertz CT molecular complexity index is 1170. The molecule has 0 radical (unpaired) electrons. The second-order valence-corrected chi connectivity index (χ2v) is 12.5. The smallest absolute Gasteiger partial charge is 0.382 e. The number of methoxy groups -OCH3 is 2. The molecule has 0 aliphatic heterocycles. The largest absolute Gasteiger partial charge is 0.393 e. The Kier molecular flexibility index (Phi) is 7.99. The Morgan fingerprint density at radius 2 is 1.95 bits per heavy atom. The standard InChI is InChI=1S/C31H39NO5S/c1-5-38-29(34)37-32-18-20-6-8-21(9-7-20)26-17-30(2)27(14-15-31(30,36-4)19-35-3)25-12-10-22-16-23(33)11-13-24(22)28(25)26/h6-9,16,18,25-27H,5,10-15,17,19H2,1-4H3/b32-18-/t25-,26+,27-,30-,31+/m0/s1. The van der Waals surface area contributed by atoms with E-state index in [1.54, 1.807) is 18.9 Å². The fraction of sp³-hybridized carbons (Fsp3) is 0.581. The molecule has 1 aromatic rings. The van der Waals surface area contributed by atoms with Gasteiger partial charge in [-0.05, 0) is 90.5 Å². The number of ketones is 1. The van der Waals surface area contributed by atoms with E-state index in [0.717, 1.165) is 55.9 Å². The number of carbonyl (C=O) groups excluding carboxylic acids is 2. The molecule has 0 N–H and O–H groups in total. The third-order valence-electron chi connectivity index (χ3n) is 9.72. The fourth-order valence-corrected chi connectivity index (χ4v) is 8.32. The lowest BCUT2D eigenvalue weighted by Gasteiger charge is -2.55. The number of hydrogen-bond donors (Lipinski definition) is 0. The minimum absolute atomic E-state index is 0.0197. The molecule has 5 rings (SSSR count). The Morgan fingerprint density at radius 3 is 2.66 bits per heavy atom. The van der Waals surface area contributed by atoms with Gasteiger partial charge in [-0.25, -0.2) is 4.79 Å². The number of allylic oxidation sites excluding steroid dienone is 4. The maximum atomic E-state index is 12.3. The predicted molar refractivity (Wildman–Crippen MR) is 151 cm³/mol. The summed E-state index contributed by atoms with van der Waals surface area (Å²) >= 11 is 1.09. The second-order valence-electron chi connectivity index (χ2n) is 11.3. The van der Waals surface area contributed by atoms with Crippen LogP contribution in [0.3, 0.4) is 0 Å². The van der Waals surface area contributed by atoms with Crippen LogP contribution >= 0.6 is 11.8 Å². The first-order chi connectivity index (χ1) is 18.4. The number of rotatable bonds is 7. The van der Waals surface area contributed by atoms with Gasteiger partial charge in [0, 0.05) is 37.7 Å². The normalized spacial score (nSPS) is 32.6. The number of carbonyl (C=O) groups is 2. The molecule has 0 saturated heterocycles. The van der Waals surface area contributed by atoms with Gasteiger partial charge in [0.25, 0.3) is 0 Å². The highest BCUT2D eigenvalue weighted by atomic mass is 32.2. The van der Waals surface area contributed by atoms with Crippen molar-refractivity contribution in [2.24, 2.45) is 22.4 Å². The third kappa shape index (κ3) is 4.71. The molecule has 0 unspecified atom stereocenters. The van der Waals surface area contributed by atoms with Crippen LogP contribution < -0.4 is 0 Å². The zero-order chi connectivity index (χ0) is 26.9. The first kappa shape index (κ1) is 27.4. The van der Waals surface area contributed by atoms with Crippen molar-refractivity contribution in [2.45, 2.75) is 70.3 Å². The molecule has 2 saturated carbocycles. The van der Waals surface area contributed by atoms with E-state index in [1.807, 2.05) is 32.2 Å². The maximum absolute atomic E-state index is 12.3. The highest BCUT2D eigenvalue weighted by Gasteiger charge is 2.63. The first-order valence-corrected chi connectivity index (χ1v) is 14.8. The highest BCUT2D eigenvalue weighted by Crippen LogP contribution is 2.67. The van der Waals surface area contributed by atoms with Crippen molar-refractivity contribution >= 4 is 29.1 Å². The molecule has 4 aliphatic rings. The Labute approximate surface area is 230 Å². The molecular formula is C31H39NO5S. The van der Waals surface area contributed by atoms with Gasteiger partial charge in [-0.15, -0.1) is 0 Å². The lowest BCUT2D eigenvalue weighted by atomic mass is 9.51. The lowest BCUT2D eigenvalue weighted by Crippen LogP contribution is -2.54. The Hall–Kier alpha value is -2.22. The lowest BCUT2D eigenvalue weighted by molar-refractivity contribution is -0.149. The van der Waals surface area contributed by atoms with E-state index in [4.69, 9.17) is 14.3 Å². The molecule has 0 spiro atoms. The number of ether oxygens (including phenoxy) is 2. The van der Waals surface area contributed by atoms with Gasteiger partial charge in [-0.2, -0.15) is 0 Å². The van der Waals surface area contributed by atoms with Crippen LogP contribution in [0.4, 0.5) is 4.79 Å². The summed E-state index contributed by atoms with van der Waals surface area (Å²) in [5, 5.41) is 3.46. The number of thioether (sulfide) groups is 1. The van der Waals surface area contributed by atoms with Gasteiger partial charge in [-0.3, -0.25) is 4.79 Å². The van der Waals surface area contributed by atoms with Crippen molar-refractivity contribution in [1.82, 2.24) is 0 Å². The first-order valence-electron chi connectivity index (χ1n) is 13.8. The Morgan fingerprint density at radius 1 is 1.16 bits per heavy atom. The van der Waals surface area contributed by atoms with Gasteiger partial charge in [0.05, 0.1) is 18.4 Å². The summed E-state index contributed by atoms with van der Waals surface area (Å²) in [6.07, 6.45) is 10.2. The van der Waals surface area contributed by atoms with E-state index >= 15 is 0 Å². The second kappa shape index (κ2) is 11.1. The van der Waals surface area contributed by atoms with E-state index in [2.05, 4.69) is 24.2 Å². The average Bonchev–Trinajstić information content (AvgIpc) is 3.20. The summed E-state index contributed by atoms with van der Waals surface area (Å²) in [6.45, 7) is 4.93. The van der Waals surface area contributed by atoms with Crippen LogP contribution in [0.2, 0.25) is 0 Å². The van der Waals surface area contributed by atoms with Crippen molar-refractivity contribution in [2.75, 3.05) is 26.6 Å². The molecule has 1 aromatic carbocycles. The van der Waals surface area contributed by atoms with Crippen molar-refractivity contribution in [1.29, 1.82) is 0 Å². The van der Waals surface area contributed by atoms with Crippen molar-refractivity contribution in [3.05, 3.63) is 58.2 Å². The van der Waals surface area contributed by atoms with Gasteiger partial charge in [0.15, 0.2) is 5.78 Å². The van der Waals surface area contributed by atoms with Crippen LogP contribution in [0, 0.1) is 17.3 Å². The molecule has 0 aromatic heterocycles. The molecular weight excluding hydrogens is 498 g/mol. The van der Waals surface area contributed by atoms with Crippen molar-refractivity contribution in [3.63, 3.8) is 0 Å².